The molecule has 0 aliphatic carbocycles. The largest absolute Gasteiger partial charge is 0.305 e. The fraction of sp³-hybridized carbons (Fsp3) is 0.158. The Hall–Kier alpha value is -3.16. The number of hydrogen-bond donors (Lipinski definition) is 1. The highest BCUT2D eigenvalue weighted by Gasteiger charge is 2.20. The van der Waals surface area contributed by atoms with Crippen molar-refractivity contribution in [2.75, 3.05) is 5.32 Å². The number of nitrogens with one attached hydrogen (secondary N) is 1. The summed E-state index contributed by atoms with van der Waals surface area (Å²) in [4.78, 5) is 12.3. The van der Waals surface area contributed by atoms with Crippen LogP contribution in [0.25, 0.3) is 0 Å². The van der Waals surface area contributed by atoms with Crippen molar-refractivity contribution in [1.82, 2.24) is 9.78 Å². The maximum Gasteiger partial charge on any atom is 0.257 e. The van der Waals surface area contributed by atoms with E-state index in [1.807, 2.05) is 13.0 Å². The Labute approximate surface area is 152 Å². The molecule has 0 atom stereocenters. The fourth-order valence-electron chi connectivity index (χ4n) is 2.69. The predicted molar refractivity (Wildman–Crippen MR) is 91.5 cm³/mol. The highest BCUT2D eigenvalue weighted by atomic mass is 19.2. The maximum absolute atomic E-state index is 13.8. The van der Waals surface area contributed by atoms with Crippen LogP contribution in [-0.2, 0) is 6.54 Å². The quantitative estimate of drug-likeness (QED) is 0.543. The molecule has 0 aliphatic rings. The molecule has 2 aromatic carbocycles. The fourth-order valence-corrected chi connectivity index (χ4v) is 2.69. The zero-order valence-corrected chi connectivity index (χ0v) is 14.5. The maximum atomic E-state index is 13.8. The van der Waals surface area contributed by atoms with Gasteiger partial charge in [-0.2, -0.15) is 5.10 Å². The van der Waals surface area contributed by atoms with Gasteiger partial charge in [0.1, 0.15) is 0 Å². The minimum absolute atomic E-state index is 0.137. The van der Waals surface area contributed by atoms with E-state index in [-0.39, 0.29) is 11.9 Å². The molecule has 27 heavy (non-hydrogen) atoms. The molecule has 0 saturated heterocycles. The molecule has 8 heteroatoms. The lowest BCUT2D eigenvalue weighted by molar-refractivity contribution is 0.102. The van der Waals surface area contributed by atoms with E-state index >= 15 is 0 Å². The Morgan fingerprint density at radius 1 is 1.04 bits per heavy atom. The van der Waals surface area contributed by atoms with Crippen LogP contribution in [0.2, 0.25) is 0 Å². The Balaban J connectivity index is 1.79. The van der Waals surface area contributed by atoms with Crippen molar-refractivity contribution in [3.8, 4) is 0 Å². The second kappa shape index (κ2) is 7.22. The van der Waals surface area contributed by atoms with E-state index in [1.165, 1.54) is 12.3 Å². The van der Waals surface area contributed by atoms with Crippen LogP contribution in [0.15, 0.2) is 36.5 Å². The Morgan fingerprint density at radius 2 is 1.70 bits per heavy atom. The number of carbonyl (C=O) groups excluding carboxylic acids is 1. The first-order valence-corrected chi connectivity index (χ1v) is 8.00. The molecule has 1 heterocycles. The number of anilines is 1. The summed E-state index contributed by atoms with van der Waals surface area (Å²) in [5, 5.41) is 6.54. The summed E-state index contributed by atoms with van der Waals surface area (Å²) in [5.41, 5.74) is 1.47. The van der Waals surface area contributed by atoms with Crippen molar-refractivity contribution >= 4 is 11.7 Å². The van der Waals surface area contributed by atoms with Crippen LogP contribution < -0.4 is 5.32 Å². The monoisotopic (exact) mass is 377 g/mol. The molecule has 0 unspecified atom stereocenters. The number of halogens is 4. The number of aryl methyl sites for hydroxylation is 2. The molecule has 3 rings (SSSR count). The zero-order chi connectivity index (χ0) is 19.7. The smallest absolute Gasteiger partial charge is 0.257 e. The zero-order valence-electron chi connectivity index (χ0n) is 14.5. The van der Waals surface area contributed by atoms with Crippen molar-refractivity contribution < 1.29 is 22.4 Å². The Morgan fingerprint density at radius 3 is 2.33 bits per heavy atom. The summed E-state index contributed by atoms with van der Waals surface area (Å²) in [6.07, 6.45) is 1.33. The van der Waals surface area contributed by atoms with Crippen LogP contribution in [-0.4, -0.2) is 15.7 Å². The number of aromatic nitrogens is 2. The van der Waals surface area contributed by atoms with Crippen molar-refractivity contribution in [2.45, 2.75) is 20.4 Å². The van der Waals surface area contributed by atoms with Crippen molar-refractivity contribution in [3.63, 3.8) is 0 Å². The van der Waals surface area contributed by atoms with Gasteiger partial charge in [0.15, 0.2) is 29.1 Å². The molecular weight excluding hydrogens is 362 g/mol. The van der Waals surface area contributed by atoms with Gasteiger partial charge in [0.25, 0.3) is 5.91 Å². The minimum atomic E-state index is -1.49. The number of amides is 1. The van der Waals surface area contributed by atoms with E-state index in [2.05, 4.69) is 10.4 Å². The number of carbonyl (C=O) groups is 1. The van der Waals surface area contributed by atoms with Crippen molar-refractivity contribution in [1.29, 1.82) is 0 Å². The van der Waals surface area contributed by atoms with Crippen LogP contribution >= 0.6 is 0 Å². The Kier molecular flexibility index (Phi) is 4.98. The van der Waals surface area contributed by atoms with Gasteiger partial charge in [-0.05, 0) is 25.5 Å². The first kappa shape index (κ1) is 18.6. The van der Waals surface area contributed by atoms with Gasteiger partial charge in [-0.15, -0.1) is 0 Å². The minimum Gasteiger partial charge on any atom is -0.305 e. The summed E-state index contributed by atoms with van der Waals surface area (Å²) >= 11 is 0. The SMILES string of the molecule is Cc1ccc(C(=O)Nc2ccn(Cc3c(F)c(F)cc(F)c3F)n2)c(C)c1. The van der Waals surface area contributed by atoms with Crippen LogP contribution in [0.1, 0.15) is 27.0 Å². The van der Waals surface area contributed by atoms with Gasteiger partial charge in [0.05, 0.1) is 12.1 Å². The second-order valence-electron chi connectivity index (χ2n) is 6.12. The first-order chi connectivity index (χ1) is 12.8. The summed E-state index contributed by atoms with van der Waals surface area (Å²) in [7, 11) is 0. The van der Waals surface area contributed by atoms with Crippen LogP contribution in [0, 0.1) is 37.1 Å². The third-order valence-electron chi connectivity index (χ3n) is 4.03. The van der Waals surface area contributed by atoms with Gasteiger partial charge in [-0.3, -0.25) is 9.48 Å². The summed E-state index contributed by atoms with van der Waals surface area (Å²) in [5.74, 6) is -6.20. The molecule has 0 aliphatic heterocycles. The lowest BCUT2D eigenvalue weighted by Gasteiger charge is -2.08. The van der Waals surface area contributed by atoms with Crippen LogP contribution in [0.3, 0.4) is 0 Å². The summed E-state index contributed by atoms with van der Waals surface area (Å²) in [6.45, 7) is 3.17. The molecular formula is C19H15F4N3O. The number of hydrogen-bond acceptors (Lipinski definition) is 2. The molecule has 1 aromatic heterocycles. The highest BCUT2D eigenvalue weighted by molar-refractivity contribution is 6.04. The van der Waals surface area contributed by atoms with E-state index in [4.69, 9.17) is 0 Å². The molecule has 3 aromatic rings. The van der Waals surface area contributed by atoms with E-state index in [0.717, 1.165) is 15.8 Å². The first-order valence-electron chi connectivity index (χ1n) is 8.00. The highest BCUT2D eigenvalue weighted by Crippen LogP contribution is 2.20. The van der Waals surface area contributed by atoms with Gasteiger partial charge in [-0.1, -0.05) is 17.7 Å². The van der Waals surface area contributed by atoms with E-state index in [1.54, 1.807) is 19.1 Å². The number of benzene rings is 2. The van der Waals surface area contributed by atoms with Gasteiger partial charge >= 0.3 is 0 Å². The normalized spacial score (nSPS) is 10.9. The molecule has 0 bridgehead atoms. The lowest BCUT2D eigenvalue weighted by Crippen LogP contribution is -2.14. The molecule has 4 nitrogen and oxygen atoms in total. The third kappa shape index (κ3) is 3.84. The van der Waals surface area contributed by atoms with E-state index in [9.17, 15) is 22.4 Å². The standard InChI is InChI=1S/C19H15F4N3O/c1-10-3-4-12(11(2)7-10)19(27)24-16-5-6-26(25-16)9-13-17(22)14(20)8-15(21)18(13)23/h3-8H,9H2,1-2H3,(H,24,25,27). The van der Waals surface area contributed by atoms with E-state index in [0.29, 0.717) is 5.56 Å². The molecule has 0 radical (unpaired) electrons. The Bertz CT molecular complexity index is 1000. The molecule has 1 N–H and O–H groups in total. The molecule has 0 spiro atoms. The number of rotatable bonds is 4. The summed E-state index contributed by atoms with van der Waals surface area (Å²) in [6, 6.07) is 6.89. The third-order valence-corrected chi connectivity index (χ3v) is 4.03. The lowest BCUT2D eigenvalue weighted by atomic mass is 10.1. The van der Waals surface area contributed by atoms with Gasteiger partial charge < -0.3 is 5.32 Å². The second-order valence-corrected chi connectivity index (χ2v) is 6.12. The van der Waals surface area contributed by atoms with Crippen molar-refractivity contribution in [3.05, 3.63) is 82.1 Å². The summed E-state index contributed by atoms with van der Waals surface area (Å²) < 4.78 is 55.1. The molecule has 140 valence electrons. The van der Waals surface area contributed by atoms with E-state index < -0.39 is 41.3 Å². The van der Waals surface area contributed by atoms with Crippen LogP contribution in [0.5, 0.6) is 0 Å². The average Bonchev–Trinajstić information content (AvgIpc) is 3.04. The van der Waals surface area contributed by atoms with Crippen molar-refractivity contribution in [2.24, 2.45) is 0 Å². The number of nitrogens with zero attached hydrogens (tertiary/aromatic N) is 2. The molecule has 1 amide bonds. The predicted octanol–water partition coefficient (Wildman–Crippen LogP) is 4.36. The van der Waals surface area contributed by atoms with Crippen LogP contribution in [0.4, 0.5) is 23.4 Å². The topological polar surface area (TPSA) is 46.9 Å². The van der Waals surface area contributed by atoms with Gasteiger partial charge in [-0.25, -0.2) is 17.6 Å². The molecule has 0 saturated carbocycles. The van der Waals surface area contributed by atoms with Gasteiger partial charge in [0, 0.05) is 23.9 Å². The average molecular weight is 377 g/mol. The molecule has 0 fully saturated rings. The van der Waals surface area contributed by atoms with Gasteiger partial charge in [0.2, 0.25) is 0 Å².